The molecule has 6 nitrogen and oxygen atoms in total. The summed E-state index contributed by atoms with van der Waals surface area (Å²) in [5.74, 6) is 1.29. The molecule has 0 radical (unpaired) electrons. The van der Waals surface area contributed by atoms with Crippen molar-refractivity contribution in [2.75, 3.05) is 26.4 Å². The first-order chi connectivity index (χ1) is 10.8. The minimum Gasteiger partial charge on any atom is -0.490 e. The molecule has 0 aliphatic heterocycles. The van der Waals surface area contributed by atoms with Crippen LogP contribution in [0.4, 0.5) is 0 Å². The molecule has 0 spiro atoms. The zero-order valence-electron chi connectivity index (χ0n) is 15.1. The molecule has 0 aliphatic carbocycles. The summed E-state index contributed by atoms with van der Waals surface area (Å²) in [6.45, 7) is 11.1. The molecular formula is C17H29ClN2O4. The van der Waals surface area contributed by atoms with Gasteiger partial charge in [0.05, 0.1) is 19.8 Å². The maximum absolute atomic E-state index is 12.4. The van der Waals surface area contributed by atoms with Crippen LogP contribution in [0.3, 0.4) is 0 Å². The van der Waals surface area contributed by atoms with Crippen LogP contribution in [-0.2, 0) is 0 Å². The number of benzene rings is 1. The van der Waals surface area contributed by atoms with Gasteiger partial charge < -0.3 is 25.3 Å². The molecular weight excluding hydrogens is 332 g/mol. The predicted molar refractivity (Wildman–Crippen MR) is 97.8 cm³/mol. The lowest BCUT2D eigenvalue weighted by Gasteiger charge is -2.20. The van der Waals surface area contributed by atoms with Gasteiger partial charge in [-0.1, -0.05) is 0 Å². The number of carbonyl (C=O) groups is 1. The van der Waals surface area contributed by atoms with Crippen molar-refractivity contribution in [3.63, 3.8) is 0 Å². The molecule has 0 unspecified atom stereocenters. The molecule has 1 rings (SSSR count). The molecule has 0 bridgehead atoms. The summed E-state index contributed by atoms with van der Waals surface area (Å²) < 4.78 is 16.8. The molecule has 0 heterocycles. The van der Waals surface area contributed by atoms with Crippen LogP contribution >= 0.6 is 12.4 Å². The second-order valence-electron chi connectivity index (χ2n) is 5.77. The van der Waals surface area contributed by atoms with Gasteiger partial charge in [0.25, 0.3) is 5.91 Å². The van der Waals surface area contributed by atoms with Gasteiger partial charge in [-0.2, -0.15) is 0 Å². The molecule has 0 aromatic heterocycles. The SMILES string of the molecule is CCOc1cc(C(=O)NCC(C)(C)N)cc(OCC)c1OCC.Cl. The van der Waals surface area contributed by atoms with E-state index in [-0.39, 0.29) is 18.3 Å². The predicted octanol–water partition coefficient (Wildman–Crippen LogP) is 2.77. The van der Waals surface area contributed by atoms with E-state index in [9.17, 15) is 4.79 Å². The summed E-state index contributed by atoms with van der Waals surface area (Å²) in [5, 5.41) is 2.81. The lowest BCUT2D eigenvalue weighted by molar-refractivity contribution is 0.0945. The summed E-state index contributed by atoms with van der Waals surface area (Å²) in [5.41, 5.74) is 5.87. The Labute approximate surface area is 150 Å². The number of nitrogens with one attached hydrogen (secondary N) is 1. The van der Waals surface area contributed by atoms with Gasteiger partial charge in [-0.15, -0.1) is 12.4 Å². The number of amides is 1. The number of ether oxygens (including phenoxy) is 3. The Morgan fingerprint density at radius 1 is 1.04 bits per heavy atom. The Kier molecular flexibility index (Phi) is 9.55. The Morgan fingerprint density at radius 2 is 1.50 bits per heavy atom. The van der Waals surface area contributed by atoms with E-state index in [1.165, 1.54) is 0 Å². The second kappa shape index (κ2) is 10.3. The summed E-state index contributed by atoms with van der Waals surface area (Å²) in [7, 11) is 0. The quantitative estimate of drug-likeness (QED) is 0.707. The van der Waals surface area contributed by atoms with E-state index in [1.807, 2.05) is 34.6 Å². The Morgan fingerprint density at radius 3 is 1.88 bits per heavy atom. The number of hydrogen-bond donors (Lipinski definition) is 2. The summed E-state index contributed by atoms with van der Waals surface area (Å²) >= 11 is 0. The van der Waals surface area contributed by atoms with E-state index >= 15 is 0 Å². The van der Waals surface area contributed by atoms with Crippen molar-refractivity contribution in [2.45, 2.75) is 40.2 Å². The van der Waals surface area contributed by atoms with E-state index < -0.39 is 5.54 Å². The van der Waals surface area contributed by atoms with Gasteiger partial charge in [0.1, 0.15) is 0 Å². The molecule has 1 amide bonds. The highest BCUT2D eigenvalue weighted by Crippen LogP contribution is 2.39. The van der Waals surface area contributed by atoms with E-state index in [0.29, 0.717) is 49.2 Å². The molecule has 1 aromatic carbocycles. The minimum absolute atomic E-state index is 0. The Bertz CT molecular complexity index is 503. The molecule has 0 saturated carbocycles. The van der Waals surface area contributed by atoms with Gasteiger partial charge in [-0.05, 0) is 46.8 Å². The third-order valence-electron chi connectivity index (χ3n) is 2.88. The van der Waals surface area contributed by atoms with E-state index in [0.717, 1.165) is 0 Å². The van der Waals surface area contributed by atoms with Crippen molar-refractivity contribution >= 4 is 18.3 Å². The maximum atomic E-state index is 12.4. The fourth-order valence-electron chi connectivity index (χ4n) is 1.93. The fourth-order valence-corrected chi connectivity index (χ4v) is 1.93. The Balaban J connectivity index is 0.00000529. The van der Waals surface area contributed by atoms with Crippen molar-refractivity contribution in [1.82, 2.24) is 5.32 Å². The first-order valence-corrected chi connectivity index (χ1v) is 7.95. The van der Waals surface area contributed by atoms with Crippen LogP contribution in [0, 0.1) is 0 Å². The molecule has 0 aliphatic rings. The van der Waals surface area contributed by atoms with Crippen LogP contribution in [0.1, 0.15) is 45.0 Å². The highest BCUT2D eigenvalue weighted by atomic mass is 35.5. The number of carbonyl (C=O) groups excluding carboxylic acids is 1. The van der Waals surface area contributed by atoms with E-state index in [1.54, 1.807) is 12.1 Å². The van der Waals surface area contributed by atoms with Crippen molar-refractivity contribution in [3.05, 3.63) is 17.7 Å². The molecule has 0 atom stereocenters. The van der Waals surface area contributed by atoms with E-state index in [2.05, 4.69) is 5.32 Å². The summed E-state index contributed by atoms with van der Waals surface area (Å²) in [6.07, 6.45) is 0. The lowest BCUT2D eigenvalue weighted by atomic mass is 10.1. The minimum atomic E-state index is -0.480. The van der Waals surface area contributed by atoms with Crippen LogP contribution in [0.2, 0.25) is 0 Å². The second-order valence-corrected chi connectivity index (χ2v) is 5.77. The summed E-state index contributed by atoms with van der Waals surface area (Å²) in [4.78, 5) is 12.4. The highest BCUT2D eigenvalue weighted by Gasteiger charge is 2.19. The third kappa shape index (κ3) is 6.84. The van der Waals surface area contributed by atoms with Crippen molar-refractivity contribution in [3.8, 4) is 17.2 Å². The lowest BCUT2D eigenvalue weighted by Crippen LogP contribution is -2.45. The van der Waals surface area contributed by atoms with Gasteiger partial charge in [0.15, 0.2) is 11.5 Å². The van der Waals surface area contributed by atoms with Crippen molar-refractivity contribution in [2.24, 2.45) is 5.73 Å². The average molecular weight is 361 g/mol. The summed E-state index contributed by atoms with van der Waals surface area (Å²) in [6, 6.07) is 3.33. The average Bonchev–Trinajstić information content (AvgIpc) is 2.47. The number of halogens is 1. The molecule has 1 aromatic rings. The first-order valence-electron chi connectivity index (χ1n) is 7.95. The molecule has 24 heavy (non-hydrogen) atoms. The molecule has 0 saturated heterocycles. The maximum Gasteiger partial charge on any atom is 0.251 e. The monoisotopic (exact) mass is 360 g/mol. The standard InChI is InChI=1S/C17H28N2O4.ClH/c1-6-21-13-9-12(16(20)19-11-17(4,5)18)10-14(22-7-2)15(13)23-8-3;/h9-10H,6-8,11,18H2,1-5H3,(H,19,20);1H. The van der Waals surface area contributed by atoms with Crippen molar-refractivity contribution in [1.29, 1.82) is 0 Å². The van der Waals surface area contributed by atoms with Gasteiger partial charge in [-0.3, -0.25) is 4.79 Å². The Hall–Kier alpha value is -1.66. The van der Waals surface area contributed by atoms with Gasteiger partial charge in [0, 0.05) is 17.6 Å². The molecule has 0 fully saturated rings. The number of rotatable bonds is 9. The first kappa shape index (κ1) is 22.3. The zero-order chi connectivity index (χ0) is 17.5. The fraction of sp³-hybridized carbons (Fsp3) is 0.588. The third-order valence-corrected chi connectivity index (χ3v) is 2.88. The number of nitrogens with two attached hydrogens (primary N) is 1. The molecule has 138 valence electrons. The van der Waals surface area contributed by atoms with Crippen LogP contribution < -0.4 is 25.3 Å². The van der Waals surface area contributed by atoms with Crippen LogP contribution in [0.25, 0.3) is 0 Å². The van der Waals surface area contributed by atoms with Crippen LogP contribution in [0.15, 0.2) is 12.1 Å². The highest BCUT2D eigenvalue weighted by molar-refractivity contribution is 5.95. The van der Waals surface area contributed by atoms with Gasteiger partial charge >= 0.3 is 0 Å². The topological polar surface area (TPSA) is 82.8 Å². The normalized spacial score (nSPS) is 10.6. The van der Waals surface area contributed by atoms with Crippen LogP contribution in [0.5, 0.6) is 17.2 Å². The van der Waals surface area contributed by atoms with Gasteiger partial charge in [-0.25, -0.2) is 0 Å². The largest absolute Gasteiger partial charge is 0.490 e. The van der Waals surface area contributed by atoms with Crippen LogP contribution in [-0.4, -0.2) is 37.8 Å². The smallest absolute Gasteiger partial charge is 0.251 e. The number of hydrogen-bond acceptors (Lipinski definition) is 5. The zero-order valence-corrected chi connectivity index (χ0v) is 15.9. The molecule has 7 heteroatoms. The molecule has 3 N–H and O–H groups in total. The van der Waals surface area contributed by atoms with E-state index in [4.69, 9.17) is 19.9 Å². The van der Waals surface area contributed by atoms with Crippen molar-refractivity contribution < 1.29 is 19.0 Å². The van der Waals surface area contributed by atoms with Gasteiger partial charge in [0.2, 0.25) is 5.75 Å².